The molecule has 3 aromatic heterocycles. The van der Waals surface area contributed by atoms with Gasteiger partial charge in [0.25, 0.3) is 5.91 Å². The third-order valence-electron chi connectivity index (χ3n) is 3.17. The molecule has 1 amide bonds. The fourth-order valence-electron chi connectivity index (χ4n) is 1.96. The molecule has 0 saturated heterocycles. The van der Waals surface area contributed by atoms with Crippen molar-refractivity contribution >= 4 is 34.8 Å². The van der Waals surface area contributed by atoms with Crippen LogP contribution >= 0.6 is 11.5 Å². The van der Waals surface area contributed by atoms with E-state index in [-0.39, 0.29) is 5.91 Å². The van der Waals surface area contributed by atoms with Gasteiger partial charge in [-0.15, -0.1) is 15.3 Å². The number of pyridine rings is 1. The highest BCUT2D eigenvalue weighted by molar-refractivity contribution is 7.07. The van der Waals surface area contributed by atoms with E-state index >= 15 is 0 Å². The van der Waals surface area contributed by atoms with Gasteiger partial charge in [-0.05, 0) is 42.7 Å². The Balaban J connectivity index is 1.43. The molecule has 0 aliphatic heterocycles. The SMILES string of the molecule is Cc1nnsc1C(=O)NCCNc1ccc(Nc2cccnc2)nn1. The first-order chi connectivity index (χ1) is 12.2. The van der Waals surface area contributed by atoms with Crippen molar-refractivity contribution in [2.24, 2.45) is 0 Å². The maximum absolute atomic E-state index is 11.9. The smallest absolute Gasteiger partial charge is 0.265 e. The number of rotatable bonds is 7. The highest BCUT2D eigenvalue weighted by Crippen LogP contribution is 2.13. The molecule has 3 N–H and O–H groups in total. The minimum Gasteiger partial charge on any atom is -0.367 e. The fourth-order valence-corrected chi connectivity index (χ4v) is 2.54. The number of hydrogen-bond acceptors (Lipinski definition) is 9. The van der Waals surface area contributed by atoms with E-state index < -0.39 is 0 Å². The molecule has 0 aliphatic rings. The molecule has 9 nitrogen and oxygen atoms in total. The maximum Gasteiger partial charge on any atom is 0.265 e. The molecule has 0 fully saturated rings. The largest absolute Gasteiger partial charge is 0.367 e. The summed E-state index contributed by atoms with van der Waals surface area (Å²) >= 11 is 1.09. The lowest BCUT2D eigenvalue weighted by atomic mass is 10.4. The Hall–Kier alpha value is -3.14. The number of nitrogens with one attached hydrogen (secondary N) is 3. The maximum atomic E-state index is 11.9. The van der Waals surface area contributed by atoms with Gasteiger partial charge in [-0.1, -0.05) is 4.49 Å². The van der Waals surface area contributed by atoms with Gasteiger partial charge in [0.05, 0.1) is 17.6 Å². The predicted octanol–water partition coefficient (Wildman–Crippen LogP) is 1.62. The second-order valence-corrected chi connectivity index (χ2v) is 5.79. The zero-order chi connectivity index (χ0) is 17.5. The zero-order valence-electron chi connectivity index (χ0n) is 13.4. The van der Waals surface area contributed by atoms with Crippen LogP contribution in [-0.4, -0.2) is 43.8 Å². The summed E-state index contributed by atoms with van der Waals surface area (Å²) < 4.78 is 3.74. The van der Waals surface area contributed by atoms with E-state index in [1.807, 2.05) is 24.3 Å². The first-order valence-corrected chi connectivity index (χ1v) is 8.31. The van der Waals surface area contributed by atoms with Crippen LogP contribution in [-0.2, 0) is 0 Å². The van der Waals surface area contributed by atoms with E-state index in [9.17, 15) is 4.79 Å². The number of carbonyl (C=O) groups excluding carboxylic acids is 1. The van der Waals surface area contributed by atoms with E-state index in [0.29, 0.717) is 35.3 Å². The first kappa shape index (κ1) is 16.7. The van der Waals surface area contributed by atoms with Crippen molar-refractivity contribution in [3.63, 3.8) is 0 Å². The normalized spacial score (nSPS) is 10.3. The Morgan fingerprint density at radius 1 is 1.12 bits per heavy atom. The zero-order valence-corrected chi connectivity index (χ0v) is 14.2. The summed E-state index contributed by atoms with van der Waals surface area (Å²) in [7, 11) is 0. The van der Waals surface area contributed by atoms with Gasteiger partial charge in [-0.25, -0.2) is 0 Å². The molecule has 0 unspecified atom stereocenters. The Morgan fingerprint density at radius 3 is 2.64 bits per heavy atom. The summed E-state index contributed by atoms with van der Waals surface area (Å²) in [5, 5.41) is 21.0. The second kappa shape index (κ2) is 8.11. The summed E-state index contributed by atoms with van der Waals surface area (Å²) in [4.78, 5) is 16.5. The van der Waals surface area contributed by atoms with Crippen LogP contribution in [0.25, 0.3) is 0 Å². The number of anilines is 3. The van der Waals surface area contributed by atoms with E-state index in [1.165, 1.54) is 0 Å². The molecule has 0 saturated carbocycles. The van der Waals surface area contributed by atoms with E-state index in [1.54, 1.807) is 19.3 Å². The number of aromatic nitrogens is 5. The highest BCUT2D eigenvalue weighted by atomic mass is 32.1. The molecule has 0 spiro atoms. The molecule has 3 heterocycles. The van der Waals surface area contributed by atoms with Gasteiger partial charge < -0.3 is 16.0 Å². The monoisotopic (exact) mass is 356 g/mol. The van der Waals surface area contributed by atoms with Crippen molar-refractivity contribution in [3.05, 3.63) is 47.2 Å². The van der Waals surface area contributed by atoms with Gasteiger partial charge in [0.1, 0.15) is 10.7 Å². The summed E-state index contributed by atoms with van der Waals surface area (Å²) in [5.41, 5.74) is 1.48. The minimum absolute atomic E-state index is 0.170. The van der Waals surface area contributed by atoms with Crippen LogP contribution in [0, 0.1) is 6.92 Å². The van der Waals surface area contributed by atoms with E-state index in [2.05, 4.69) is 40.7 Å². The third-order valence-corrected chi connectivity index (χ3v) is 4.00. The van der Waals surface area contributed by atoms with Crippen LogP contribution in [0.1, 0.15) is 15.4 Å². The van der Waals surface area contributed by atoms with Crippen molar-refractivity contribution in [1.82, 2.24) is 30.1 Å². The molecule has 0 aliphatic carbocycles. The molecule has 128 valence electrons. The highest BCUT2D eigenvalue weighted by Gasteiger charge is 2.11. The number of nitrogens with zero attached hydrogens (tertiary/aromatic N) is 5. The van der Waals surface area contributed by atoms with E-state index in [4.69, 9.17) is 0 Å². The van der Waals surface area contributed by atoms with Crippen molar-refractivity contribution in [1.29, 1.82) is 0 Å². The molecule has 10 heteroatoms. The molecule has 0 aromatic carbocycles. The van der Waals surface area contributed by atoms with Gasteiger partial charge in [0.15, 0.2) is 5.82 Å². The van der Waals surface area contributed by atoms with Crippen molar-refractivity contribution in [3.8, 4) is 0 Å². The standard InChI is InChI=1S/C15H16N8OS/c1-10-14(25-23-20-10)15(24)18-8-7-17-12-4-5-13(22-21-12)19-11-3-2-6-16-9-11/h2-6,9H,7-8H2,1H3,(H,17,21)(H,18,24)(H,19,22). The second-order valence-electron chi connectivity index (χ2n) is 5.04. The molecule has 0 atom stereocenters. The lowest BCUT2D eigenvalue weighted by molar-refractivity contribution is 0.0958. The third kappa shape index (κ3) is 4.67. The van der Waals surface area contributed by atoms with Crippen LogP contribution in [0.3, 0.4) is 0 Å². The fraction of sp³-hybridized carbons (Fsp3) is 0.200. The number of amides is 1. The lowest BCUT2D eigenvalue weighted by Crippen LogP contribution is -2.28. The average Bonchev–Trinajstić information content (AvgIpc) is 3.07. The summed E-state index contributed by atoms with van der Waals surface area (Å²) in [6.45, 7) is 2.74. The number of aryl methyl sites for hydroxylation is 1. The van der Waals surface area contributed by atoms with Crippen molar-refractivity contribution < 1.29 is 4.79 Å². The summed E-state index contributed by atoms with van der Waals surface area (Å²) in [6, 6.07) is 7.35. The molecule has 25 heavy (non-hydrogen) atoms. The molecule has 0 bridgehead atoms. The van der Waals surface area contributed by atoms with Gasteiger partial charge >= 0.3 is 0 Å². The van der Waals surface area contributed by atoms with Gasteiger partial charge in [0.2, 0.25) is 0 Å². The number of hydrogen-bond donors (Lipinski definition) is 3. The Kier molecular flexibility index (Phi) is 5.42. The lowest BCUT2D eigenvalue weighted by Gasteiger charge is -2.07. The predicted molar refractivity (Wildman–Crippen MR) is 95.0 cm³/mol. The summed E-state index contributed by atoms with van der Waals surface area (Å²) in [5.74, 6) is 1.08. The van der Waals surface area contributed by atoms with Crippen LogP contribution in [0.2, 0.25) is 0 Å². The van der Waals surface area contributed by atoms with Crippen LogP contribution in [0.5, 0.6) is 0 Å². The van der Waals surface area contributed by atoms with Gasteiger partial charge in [-0.3, -0.25) is 9.78 Å². The first-order valence-electron chi connectivity index (χ1n) is 7.54. The van der Waals surface area contributed by atoms with Gasteiger partial charge in [-0.2, -0.15) is 0 Å². The van der Waals surface area contributed by atoms with Crippen LogP contribution in [0.15, 0.2) is 36.7 Å². The Labute approximate surface area is 148 Å². The summed E-state index contributed by atoms with van der Waals surface area (Å²) in [6.07, 6.45) is 3.41. The average molecular weight is 356 g/mol. The van der Waals surface area contributed by atoms with Crippen molar-refractivity contribution in [2.75, 3.05) is 23.7 Å². The molecular formula is C15H16N8OS. The Morgan fingerprint density at radius 2 is 1.96 bits per heavy atom. The van der Waals surface area contributed by atoms with Crippen LogP contribution < -0.4 is 16.0 Å². The Bertz CT molecular complexity index is 821. The quantitative estimate of drug-likeness (QED) is 0.547. The molecule has 3 aromatic rings. The topological polar surface area (TPSA) is 118 Å². The van der Waals surface area contributed by atoms with E-state index in [0.717, 1.165) is 17.2 Å². The molecule has 0 radical (unpaired) electrons. The molecular weight excluding hydrogens is 340 g/mol. The van der Waals surface area contributed by atoms with Gasteiger partial charge in [0, 0.05) is 19.3 Å². The van der Waals surface area contributed by atoms with Crippen LogP contribution in [0.4, 0.5) is 17.3 Å². The van der Waals surface area contributed by atoms with Crippen molar-refractivity contribution in [2.45, 2.75) is 6.92 Å². The molecule has 3 rings (SSSR count). The minimum atomic E-state index is -0.170. The number of carbonyl (C=O) groups is 1.